The molecule has 0 unspecified atom stereocenters. The number of rotatable bonds is 2. The Kier molecular flexibility index (Phi) is 4.17. The van der Waals surface area contributed by atoms with E-state index in [0.717, 1.165) is 6.07 Å². The summed E-state index contributed by atoms with van der Waals surface area (Å²) >= 11 is -0.151. The summed E-state index contributed by atoms with van der Waals surface area (Å²) in [5.74, 6) is -11.0. The Morgan fingerprint density at radius 2 is 1.43 bits per heavy atom. The number of phenolic OH excluding ortho intramolecular Hbond substituents is 1. The monoisotopic (exact) mass is 320 g/mol. The zero-order chi connectivity index (χ0) is 15.7. The van der Waals surface area contributed by atoms with E-state index in [4.69, 9.17) is 0 Å². The van der Waals surface area contributed by atoms with Gasteiger partial charge in [-0.15, -0.1) is 0 Å². The summed E-state index contributed by atoms with van der Waals surface area (Å²) in [6.07, 6.45) is 0. The predicted molar refractivity (Wildman–Crippen MR) is 64.5 cm³/mol. The van der Waals surface area contributed by atoms with Crippen LogP contribution >= 0.6 is 11.8 Å². The normalized spacial score (nSPS) is 10.7. The van der Waals surface area contributed by atoms with Gasteiger partial charge in [0, 0.05) is 5.56 Å². The van der Waals surface area contributed by atoms with Gasteiger partial charge in [0.25, 0.3) is 0 Å². The van der Waals surface area contributed by atoms with E-state index in [9.17, 15) is 31.9 Å². The van der Waals surface area contributed by atoms with Gasteiger partial charge in [0.2, 0.25) is 10.9 Å². The Balaban J connectivity index is 2.43. The maximum atomic E-state index is 13.4. The van der Waals surface area contributed by atoms with Crippen molar-refractivity contribution in [2.75, 3.05) is 0 Å². The second-order valence-electron chi connectivity index (χ2n) is 3.84. The van der Waals surface area contributed by atoms with Crippen molar-refractivity contribution in [3.05, 3.63) is 58.9 Å². The molecule has 110 valence electrons. The molecule has 0 amide bonds. The van der Waals surface area contributed by atoms with Gasteiger partial charge >= 0.3 is 0 Å². The molecule has 21 heavy (non-hydrogen) atoms. The van der Waals surface area contributed by atoms with Crippen LogP contribution < -0.4 is 0 Å². The smallest absolute Gasteiger partial charge is 0.224 e. The number of hydrogen-bond donors (Lipinski definition) is 1. The van der Waals surface area contributed by atoms with Crippen LogP contribution in [0.25, 0.3) is 0 Å². The molecule has 0 aliphatic carbocycles. The highest BCUT2D eigenvalue weighted by atomic mass is 32.2. The first kappa shape index (κ1) is 15.3. The van der Waals surface area contributed by atoms with E-state index in [1.165, 1.54) is 18.2 Å². The Labute approximate surface area is 119 Å². The number of phenols is 1. The molecule has 1 N–H and O–H groups in total. The minimum absolute atomic E-state index is 0.149. The number of thioether (sulfide) groups is 1. The largest absolute Gasteiger partial charge is 0.508 e. The lowest BCUT2D eigenvalue weighted by molar-refractivity contribution is 0.108. The standard InChI is InChI=1S/C13H5F5O2S/c14-7-8(15)10(17)12(11(18)9(7)16)21-13(20)5-2-1-3-6(19)4-5/h1-4,19H. The molecular formula is C13H5F5O2S. The molecule has 0 atom stereocenters. The molecule has 0 saturated heterocycles. The van der Waals surface area contributed by atoms with Crippen LogP contribution in [0.4, 0.5) is 22.0 Å². The highest BCUT2D eigenvalue weighted by Crippen LogP contribution is 2.33. The maximum Gasteiger partial charge on any atom is 0.224 e. The molecule has 0 bridgehead atoms. The van der Waals surface area contributed by atoms with Crippen LogP contribution in [0.3, 0.4) is 0 Å². The lowest BCUT2D eigenvalue weighted by Gasteiger charge is -2.07. The molecule has 0 heterocycles. The molecule has 0 radical (unpaired) electrons. The van der Waals surface area contributed by atoms with Crippen LogP contribution in [0, 0.1) is 29.1 Å². The molecule has 2 aromatic rings. The molecule has 0 aliphatic rings. The van der Waals surface area contributed by atoms with Crippen molar-refractivity contribution in [3.8, 4) is 5.75 Å². The number of hydrogen-bond acceptors (Lipinski definition) is 3. The van der Waals surface area contributed by atoms with Crippen LogP contribution in [0.15, 0.2) is 29.2 Å². The molecule has 0 fully saturated rings. The molecule has 0 spiro atoms. The van der Waals surface area contributed by atoms with Crippen molar-refractivity contribution < 1.29 is 31.9 Å². The molecular weight excluding hydrogens is 315 g/mol. The molecule has 2 nitrogen and oxygen atoms in total. The minimum Gasteiger partial charge on any atom is -0.508 e. The minimum atomic E-state index is -2.29. The summed E-state index contributed by atoms with van der Waals surface area (Å²) in [7, 11) is 0. The van der Waals surface area contributed by atoms with Crippen LogP contribution in [-0.2, 0) is 0 Å². The molecule has 0 aromatic heterocycles. The fourth-order valence-corrected chi connectivity index (χ4v) is 2.25. The van der Waals surface area contributed by atoms with E-state index in [-0.39, 0.29) is 23.1 Å². The van der Waals surface area contributed by atoms with Gasteiger partial charge in [0.05, 0.1) is 4.90 Å². The highest BCUT2D eigenvalue weighted by molar-refractivity contribution is 8.14. The molecule has 0 aliphatic heterocycles. The SMILES string of the molecule is O=C(Sc1c(F)c(F)c(F)c(F)c1F)c1cccc(O)c1. The average molecular weight is 320 g/mol. The summed E-state index contributed by atoms with van der Waals surface area (Å²) in [6, 6.07) is 4.77. The predicted octanol–water partition coefficient (Wildman–Crippen LogP) is 4.02. The first-order valence-corrected chi connectivity index (χ1v) is 6.17. The number of carbonyl (C=O) groups excluding carboxylic acids is 1. The summed E-state index contributed by atoms with van der Waals surface area (Å²) in [5.41, 5.74) is -0.149. The Bertz CT molecular complexity index is 704. The van der Waals surface area contributed by atoms with E-state index >= 15 is 0 Å². The maximum absolute atomic E-state index is 13.4. The van der Waals surface area contributed by atoms with Crippen molar-refractivity contribution in [2.45, 2.75) is 4.90 Å². The van der Waals surface area contributed by atoms with Crippen molar-refractivity contribution in [2.24, 2.45) is 0 Å². The average Bonchev–Trinajstić information content (AvgIpc) is 2.47. The first-order valence-electron chi connectivity index (χ1n) is 5.35. The molecule has 8 heteroatoms. The highest BCUT2D eigenvalue weighted by Gasteiger charge is 2.27. The van der Waals surface area contributed by atoms with E-state index < -0.39 is 39.1 Å². The van der Waals surface area contributed by atoms with E-state index in [1.807, 2.05) is 0 Å². The second-order valence-corrected chi connectivity index (χ2v) is 4.82. The van der Waals surface area contributed by atoms with Crippen LogP contribution in [0.2, 0.25) is 0 Å². The first-order chi connectivity index (χ1) is 9.82. The van der Waals surface area contributed by atoms with Crippen molar-refractivity contribution in [1.82, 2.24) is 0 Å². The van der Waals surface area contributed by atoms with E-state index in [0.29, 0.717) is 0 Å². The number of aromatic hydroxyl groups is 1. The third-order valence-electron chi connectivity index (χ3n) is 2.45. The van der Waals surface area contributed by atoms with Gasteiger partial charge in [0.1, 0.15) is 5.75 Å². The molecule has 2 aromatic carbocycles. The number of carbonyl (C=O) groups is 1. The van der Waals surface area contributed by atoms with Crippen LogP contribution in [0.1, 0.15) is 10.4 Å². The lowest BCUT2D eigenvalue weighted by atomic mass is 10.2. The summed E-state index contributed by atoms with van der Waals surface area (Å²) in [5, 5.41) is 8.20. The van der Waals surface area contributed by atoms with Gasteiger partial charge in [-0.25, -0.2) is 22.0 Å². The quantitative estimate of drug-likeness (QED) is 0.393. The van der Waals surface area contributed by atoms with Crippen LogP contribution in [-0.4, -0.2) is 10.2 Å². The number of benzene rings is 2. The second kappa shape index (κ2) is 5.72. The summed E-state index contributed by atoms with van der Waals surface area (Å²) in [6.45, 7) is 0. The fraction of sp³-hybridized carbons (Fsp3) is 0. The zero-order valence-corrected chi connectivity index (χ0v) is 10.8. The van der Waals surface area contributed by atoms with Gasteiger partial charge in [0.15, 0.2) is 23.3 Å². The third kappa shape index (κ3) is 2.85. The topological polar surface area (TPSA) is 37.3 Å². The lowest BCUT2D eigenvalue weighted by Crippen LogP contribution is -2.05. The van der Waals surface area contributed by atoms with Gasteiger partial charge in [-0.3, -0.25) is 4.79 Å². The fourth-order valence-electron chi connectivity index (χ4n) is 1.46. The van der Waals surface area contributed by atoms with Crippen molar-refractivity contribution in [3.63, 3.8) is 0 Å². The van der Waals surface area contributed by atoms with E-state index in [1.54, 1.807) is 0 Å². The van der Waals surface area contributed by atoms with Gasteiger partial charge in [-0.05, 0) is 23.9 Å². The molecule has 0 saturated carbocycles. The third-order valence-corrected chi connectivity index (χ3v) is 3.43. The number of halogens is 5. The van der Waals surface area contributed by atoms with Gasteiger partial charge in [-0.1, -0.05) is 12.1 Å². The van der Waals surface area contributed by atoms with Crippen molar-refractivity contribution in [1.29, 1.82) is 0 Å². The molecule has 2 rings (SSSR count). The van der Waals surface area contributed by atoms with E-state index in [2.05, 4.69) is 0 Å². The zero-order valence-electron chi connectivity index (χ0n) is 9.96. The summed E-state index contributed by atoms with van der Waals surface area (Å²) < 4.78 is 65.7. The van der Waals surface area contributed by atoms with Gasteiger partial charge in [-0.2, -0.15) is 0 Å². The van der Waals surface area contributed by atoms with Crippen LogP contribution in [0.5, 0.6) is 5.75 Å². The Morgan fingerprint density at radius 1 is 0.905 bits per heavy atom. The van der Waals surface area contributed by atoms with Crippen molar-refractivity contribution >= 4 is 16.9 Å². The summed E-state index contributed by atoms with van der Waals surface area (Å²) in [4.78, 5) is 10.5. The van der Waals surface area contributed by atoms with Gasteiger partial charge < -0.3 is 5.11 Å². The Morgan fingerprint density at radius 3 is 1.95 bits per heavy atom. The Hall–Kier alpha value is -2.09.